The lowest BCUT2D eigenvalue weighted by Gasteiger charge is -2.37. The number of hydrogen-bond acceptors (Lipinski definition) is 3. The van der Waals surface area contributed by atoms with Crippen molar-refractivity contribution in [3.8, 4) is 0 Å². The summed E-state index contributed by atoms with van der Waals surface area (Å²) in [5, 5.41) is 3.31. The molecule has 0 aromatic rings. The van der Waals surface area contributed by atoms with E-state index >= 15 is 0 Å². The van der Waals surface area contributed by atoms with Crippen LogP contribution in [0.5, 0.6) is 0 Å². The van der Waals surface area contributed by atoms with Gasteiger partial charge in [-0.3, -0.25) is 0 Å². The number of fused-ring (bicyclic) bond motifs is 1. The molecule has 1 saturated carbocycles. The first-order valence-corrected chi connectivity index (χ1v) is 9.00. The van der Waals surface area contributed by atoms with Crippen molar-refractivity contribution in [2.24, 2.45) is 5.92 Å². The summed E-state index contributed by atoms with van der Waals surface area (Å²) in [4.78, 5) is 0. The monoisotopic (exact) mass is 272 g/mol. The summed E-state index contributed by atoms with van der Waals surface area (Å²) in [7, 11) is -3.05. The third-order valence-corrected chi connectivity index (χ3v) is 6.87. The molecular weight excluding hydrogens is 248 g/mol. The molecule has 2 aliphatic heterocycles. The number of piperidine rings is 1. The molecule has 0 aromatic carbocycles. The lowest BCUT2D eigenvalue weighted by Crippen LogP contribution is -2.49. The Kier molecular flexibility index (Phi) is 3.65. The first-order chi connectivity index (χ1) is 8.67. The van der Waals surface area contributed by atoms with Crippen LogP contribution in [0.3, 0.4) is 0 Å². The highest BCUT2D eigenvalue weighted by Crippen LogP contribution is 2.38. The summed E-state index contributed by atoms with van der Waals surface area (Å²) in [5.74, 6) is 0.959. The summed E-state index contributed by atoms with van der Waals surface area (Å²) in [6.45, 7) is 1.74. The predicted octanol–water partition coefficient (Wildman–Crippen LogP) is 1.33. The third kappa shape index (κ3) is 2.45. The number of sulfonamides is 1. The number of nitrogens with one attached hydrogen (secondary N) is 1. The van der Waals surface area contributed by atoms with Gasteiger partial charge in [0.2, 0.25) is 10.0 Å². The van der Waals surface area contributed by atoms with E-state index in [1.807, 2.05) is 4.31 Å². The van der Waals surface area contributed by atoms with Gasteiger partial charge in [0.25, 0.3) is 0 Å². The van der Waals surface area contributed by atoms with Gasteiger partial charge in [-0.05, 0) is 51.0 Å². The highest BCUT2D eigenvalue weighted by molar-refractivity contribution is 7.89. The zero-order valence-electron chi connectivity index (χ0n) is 11.0. The van der Waals surface area contributed by atoms with Crippen LogP contribution in [0.2, 0.25) is 0 Å². The second-order valence-electron chi connectivity index (χ2n) is 6.08. The van der Waals surface area contributed by atoms with Gasteiger partial charge in [-0.1, -0.05) is 6.42 Å². The average molecular weight is 272 g/mol. The van der Waals surface area contributed by atoms with Crippen LogP contribution in [0, 0.1) is 5.92 Å². The molecule has 104 valence electrons. The quantitative estimate of drug-likeness (QED) is 0.843. The second-order valence-corrected chi connectivity index (χ2v) is 8.05. The van der Waals surface area contributed by atoms with Crippen LogP contribution >= 0.6 is 0 Å². The van der Waals surface area contributed by atoms with Crippen LogP contribution < -0.4 is 5.32 Å². The number of rotatable bonds is 3. The third-order valence-electron chi connectivity index (χ3n) is 4.87. The highest BCUT2D eigenvalue weighted by atomic mass is 32.2. The van der Waals surface area contributed by atoms with Gasteiger partial charge in [0.15, 0.2) is 0 Å². The van der Waals surface area contributed by atoms with Gasteiger partial charge in [-0.15, -0.1) is 0 Å². The molecule has 1 aliphatic carbocycles. The van der Waals surface area contributed by atoms with Gasteiger partial charge < -0.3 is 5.32 Å². The Balaban J connectivity index is 1.71. The van der Waals surface area contributed by atoms with Crippen molar-refractivity contribution in [1.29, 1.82) is 0 Å². The Hall–Kier alpha value is -0.130. The van der Waals surface area contributed by atoms with Gasteiger partial charge >= 0.3 is 0 Å². The van der Waals surface area contributed by atoms with E-state index in [0.717, 1.165) is 38.8 Å². The molecular formula is C13H24N2O2S. The Labute approximate surface area is 110 Å². The molecule has 3 unspecified atom stereocenters. The minimum Gasteiger partial charge on any atom is -0.313 e. The zero-order valence-corrected chi connectivity index (χ0v) is 11.8. The van der Waals surface area contributed by atoms with E-state index in [0.29, 0.717) is 17.7 Å². The predicted molar refractivity (Wildman–Crippen MR) is 71.9 cm³/mol. The standard InChI is InChI=1S/C13H24N2O2S/c16-18(17,10-12-6-2-8-14-12)15-9-3-5-11-4-1-7-13(11)15/h11-14H,1-10H2. The second kappa shape index (κ2) is 5.10. The molecule has 2 heterocycles. The molecule has 0 radical (unpaired) electrons. The van der Waals surface area contributed by atoms with Gasteiger partial charge in [0.05, 0.1) is 5.75 Å². The first kappa shape index (κ1) is 12.9. The largest absolute Gasteiger partial charge is 0.313 e. The van der Waals surface area contributed by atoms with Crippen molar-refractivity contribution < 1.29 is 8.42 Å². The van der Waals surface area contributed by atoms with E-state index in [1.54, 1.807) is 0 Å². The lowest BCUT2D eigenvalue weighted by atomic mass is 9.94. The maximum absolute atomic E-state index is 12.6. The molecule has 1 N–H and O–H groups in total. The molecule has 3 rings (SSSR count). The maximum Gasteiger partial charge on any atom is 0.215 e. The zero-order chi connectivity index (χ0) is 12.6. The number of nitrogens with zero attached hydrogens (tertiary/aromatic N) is 1. The van der Waals surface area contributed by atoms with E-state index in [-0.39, 0.29) is 6.04 Å². The molecule has 0 amide bonds. The summed E-state index contributed by atoms with van der Waals surface area (Å²) in [5.41, 5.74) is 0. The summed E-state index contributed by atoms with van der Waals surface area (Å²) < 4.78 is 27.0. The maximum atomic E-state index is 12.6. The molecule has 0 bridgehead atoms. The molecule has 5 heteroatoms. The molecule has 0 spiro atoms. The summed E-state index contributed by atoms with van der Waals surface area (Å²) in [6, 6.07) is 0.516. The van der Waals surface area contributed by atoms with Crippen LogP contribution in [0.1, 0.15) is 44.9 Å². The van der Waals surface area contributed by atoms with Gasteiger partial charge in [-0.2, -0.15) is 4.31 Å². The number of hydrogen-bond donors (Lipinski definition) is 1. The molecule has 0 aromatic heterocycles. The van der Waals surface area contributed by atoms with Crippen LogP contribution in [-0.2, 0) is 10.0 Å². The van der Waals surface area contributed by atoms with Crippen LogP contribution in [0.4, 0.5) is 0 Å². The Morgan fingerprint density at radius 2 is 1.89 bits per heavy atom. The molecule has 4 nitrogen and oxygen atoms in total. The van der Waals surface area contributed by atoms with Crippen molar-refractivity contribution in [1.82, 2.24) is 9.62 Å². The van der Waals surface area contributed by atoms with E-state index in [2.05, 4.69) is 5.32 Å². The topological polar surface area (TPSA) is 49.4 Å². The van der Waals surface area contributed by atoms with E-state index in [9.17, 15) is 8.42 Å². The van der Waals surface area contributed by atoms with Gasteiger partial charge in [-0.25, -0.2) is 8.42 Å². The van der Waals surface area contributed by atoms with Crippen molar-refractivity contribution in [3.05, 3.63) is 0 Å². The molecule has 3 atom stereocenters. The fourth-order valence-corrected chi connectivity index (χ4v) is 6.08. The fraction of sp³-hybridized carbons (Fsp3) is 1.00. The minimum atomic E-state index is -3.05. The van der Waals surface area contributed by atoms with Crippen molar-refractivity contribution >= 4 is 10.0 Å². The smallest absolute Gasteiger partial charge is 0.215 e. The first-order valence-electron chi connectivity index (χ1n) is 7.40. The highest BCUT2D eigenvalue weighted by Gasteiger charge is 2.41. The van der Waals surface area contributed by atoms with Crippen LogP contribution in [0.15, 0.2) is 0 Å². The van der Waals surface area contributed by atoms with Gasteiger partial charge in [0, 0.05) is 18.6 Å². The van der Waals surface area contributed by atoms with Crippen molar-refractivity contribution in [3.63, 3.8) is 0 Å². The van der Waals surface area contributed by atoms with E-state index in [4.69, 9.17) is 0 Å². The summed E-state index contributed by atoms with van der Waals surface area (Å²) >= 11 is 0. The van der Waals surface area contributed by atoms with Crippen LogP contribution in [-0.4, -0.2) is 43.6 Å². The molecule has 18 heavy (non-hydrogen) atoms. The van der Waals surface area contributed by atoms with Crippen molar-refractivity contribution in [2.75, 3.05) is 18.8 Å². The average Bonchev–Trinajstić information content (AvgIpc) is 2.97. The Morgan fingerprint density at radius 1 is 1.06 bits per heavy atom. The van der Waals surface area contributed by atoms with Gasteiger partial charge in [0.1, 0.15) is 0 Å². The fourth-order valence-electron chi connectivity index (χ4n) is 4.00. The van der Waals surface area contributed by atoms with E-state index in [1.165, 1.54) is 19.3 Å². The van der Waals surface area contributed by atoms with E-state index < -0.39 is 10.0 Å². The molecule has 3 fully saturated rings. The summed E-state index contributed by atoms with van der Waals surface area (Å²) in [6.07, 6.45) is 7.95. The SMILES string of the molecule is O=S(=O)(CC1CCCN1)N1CCCC2CCCC21. The normalized spacial score (nSPS) is 37.9. The molecule has 3 aliphatic rings. The van der Waals surface area contributed by atoms with Crippen LogP contribution in [0.25, 0.3) is 0 Å². The lowest BCUT2D eigenvalue weighted by molar-refractivity contribution is 0.201. The van der Waals surface area contributed by atoms with Crippen molar-refractivity contribution in [2.45, 2.75) is 57.0 Å². The Bertz CT molecular complexity index is 390. The minimum absolute atomic E-state index is 0.191. The Morgan fingerprint density at radius 3 is 2.67 bits per heavy atom. The molecule has 2 saturated heterocycles.